The van der Waals surface area contributed by atoms with Gasteiger partial charge in [-0.05, 0) is 25.0 Å². The Balaban J connectivity index is 1.54. The predicted octanol–water partition coefficient (Wildman–Crippen LogP) is 3.59. The van der Waals surface area contributed by atoms with Crippen molar-refractivity contribution >= 4 is 34.9 Å². The second-order valence-corrected chi connectivity index (χ2v) is 7.65. The van der Waals surface area contributed by atoms with E-state index in [4.69, 9.17) is 21.1 Å². The molecule has 2 aliphatic heterocycles. The number of anilines is 2. The first kappa shape index (κ1) is 20.3. The van der Waals surface area contributed by atoms with E-state index in [2.05, 4.69) is 10.6 Å². The van der Waals surface area contributed by atoms with E-state index in [9.17, 15) is 14.7 Å². The van der Waals surface area contributed by atoms with Gasteiger partial charge in [0.1, 0.15) is 11.5 Å². The quantitative estimate of drug-likeness (QED) is 0.671. The standard InChI is InChI=1S/C21H22ClN3O5/c22-15-8-17-19(30-12-20(27)23-17)9-16(15)24-21(28)25(11-14-5-3-7-29-14)10-13-4-1-2-6-18(13)26/h1-2,4,6,8-9,14,26H,3,5,7,10-12H2,(H,23,27)(H,24,28)/t14-/m0/s1. The zero-order valence-corrected chi connectivity index (χ0v) is 16.9. The number of urea groups is 1. The molecule has 1 saturated heterocycles. The highest BCUT2D eigenvalue weighted by atomic mass is 35.5. The Labute approximate surface area is 178 Å². The van der Waals surface area contributed by atoms with Gasteiger partial charge in [-0.25, -0.2) is 4.79 Å². The summed E-state index contributed by atoms with van der Waals surface area (Å²) in [4.78, 5) is 26.2. The number of hydrogen-bond donors (Lipinski definition) is 3. The van der Waals surface area contributed by atoms with Crippen molar-refractivity contribution < 1.29 is 24.2 Å². The molecule has 0 spiro atoms. The van der Waals surface area contributed by atoms with Crippen molar-refractivity contribution in [2.45, 2.75) is 25.5 Å². The molecule has 1 fully saturated rings. The number of nitrogens with zero attached hydrogens (tertiary/aromatic N) is 1. The minimum atomic E-state index is -0.379. The molecule has 0 aromatic heterocycles. The number of carbonyl (C=O) groups excluding carboxylic acids is 2. The smallest absolute Gasteiger partial charge is 0.322 e. The fourth-order valence-electron chi connectivity index (χ4n) is 3.49. The summed E-state index contributed by atoms with van der Waals surface area (Å²) in [6.07, 6.45) is 1.77. The van der Waals surface area contributed by atoms with E-state index in [1.165, 1.54) is 6.07 Å². The number of fused-ring (bicyclic) bond motifs is 1. The van der Waals surface area contributed by atoms with Crippen molar-refractivity contribution in [2.75, 3.05) is 30.4 Å². The van der Waals surface area contributed by atoms with Gasteiger partial charge in [0.25, 0.3) is 5.91 Å². The van der Waals surface area contributed by atoms with Gasteiger partial charge in [0, 0.05) is 24.8 Å². The molecule has 30 heavy (non-hydrogen) atoms. The van der Waals surface area contributed by atoms with Crippen LogP contribution in [0.25, 0.3) is 0 Å². The average molecular weight is 432 g/mol. The molecular weight excluding hydrogens is 410 g/mol. The Morgan fingerprint density at radius 2 is 2.17 bits per heavy atom. The Bertz CT molecular complexity index is 962. The number of amides is 3. The minimum absolute atomic E-state index is 0.0563. The number of benzene rings is 2. The fraction of sp³-hybridized carbons (Fsp3) is 0.333. The van der Waals surface area contributed by atoms with Crippen LogP contribution >= 0.6 is 11.6 Å². The molecule has 0 saturated carbocycles. The number of para-hydroxylation sites is 1. The molecule has 4 rings (SSSR count). The van der Waals surface area contributed by atoms with E-state index in [-0.39, 0.29) is 42.0 Å². The summed E-state index contributed by atoms with van der Waals surface area (Å²) in [7, 11) is 0. The number of phenols is 1. The van der Waals surface area contributed by atoms with Gasteiger partial charge in [-0.2, -0.15) is 0 Å². The van der Waals surface area contributed by atoms with Gasteiger partial charge in [0.15, 0.2) is 6.61 Å². The summed E-state index contributed by atoms with van der Waals surface area (Å²) in [5.74, 6) is 0.292. The van der Waals surface area contributed by atoms with Crippen molar-refractivity contribution in [3.63, 3.8) is 0 Å². The summed E-state index contributed by atoms with van der Waals surface area (Å²) in [6.45, 7) is 1.18. The summed E-state index contributed by atoms with van der Waals surface area (Å²) in [6, 6.07) is 9.64. The molecule has 8 nitrogen and oxygen atoms in total. The lowest BCUT2D eigenvalue weighted by Crippen LogP contribution is -2.39. The van der Waals surface area contributed by atoms with Crippen molar-refractivity contribution in [1.82, 2.24) is 4.90 Å². The van der Waals surface area contributed by atoms with Crippen molar-refractivity contribution in [1.29, 1.82) is 0 Å². The molecule has 3 amide bonds. The van der Waals surface area contributed by atoms with E-state index in [1.54, 1.807) is 29.2 Å². The number of hydrogen-bond acceptors (Lipinski definition) is 5. The first-order valence-electron chi connectivity index (χ1n) is 9.70. The number of carbonyl (C=O) groups is 2. The molecule has 2 aromatic carbocycles. The van der Waals surface area contributed by atoms with E-state index in [0.717, 1.165) is 12.8 Å². The molecule has 1 atom stereocenters. The highest BCUT2D eigenvalue weighted by molar-refractivity contribution is 6.34. The van der Waals surface area contributed by atoms with Gasteiger partial charge >= 0.3 is 6.03 Å². The van der Waals surface area contributed by atoms with Crippen LogP contribution in [0.15, 0.2) is 36.4 Å². The molecule has 0 aliphatic carbocycles. The Kier molecular flexibility index (Phi) is 5.96. The first-order chi connectivity index (χ1) is 14.5. The average Bonchev–Trinajstić information content (AvgIpc) is 3.23. The maximum atomic E-state index is 13.1. The van der Waals surface area contributed by atoms with Gasteiger partial charge in [-0.15, -0.1) is 0 Å². The van der Waals surface area contributed by atoms with E-state index < -0.39 is 0 Å². The van der Waals surface area contributed by atoms with Crippen LogP contribution < -0.4 is 15.4 Å². The van der Waals surface area contributed by atoms with E-state index >= 15 is 0 Å². The fourth-order valence-corrected chi connectivity index (χ4v) is 3.70. The second-order valence-electron chi connectivity index (χ2n) is 7.24. The van der Waals surface area contributed by atoms with Crippen LogP contribution in [-0.2, 0) is 16.1 Å². The number of phenolic OH excluding ortho intramolecular Hbond substituents is 1. The molecule has 2 aromatic rings. The lowest BCUT2D eigenvalue weighted by Gasteiger charge is -2.27. The predicted molar refractivity (Wildman–Crippen MR) is 112 cm³/mol. The minimum Gasteiger partial charge on any atom is -0.508 e. The molecule has 0 bridgehead atoms. The van der Waals surface area contributed by atoms with Gasteiger partial charge in [-0.1, -0.05) is 29.8 Å². The topological polar surface area (TPSA) is 100 Å². The molecule has 2 aliphatic rings. The van der Waals surface area contributed by atoms with E-state index in [0.29, 0.717) is 35.8 Å². The van der Waals surface area contributed by atoms with Crippen LogP contribution in [-0.4, -0.2) is 47.8 Å². The number of aromatic hydroxyl groups is 1. The van der Waals surface area contributed by atoms with Crippen LogP contribution in [0.2, 0.25) is 5.02 Å². The normalized spacial score (nSPS) is 17.6. The largest absolute Gasteiger partial charge is 0.508 e. The number of rotatable bonds is 5. The third-order valence-corrected chi connectivity index (χ3v) is 5.34. The highest BCUT2D eigenvalue weighted by Crippen LogP contribution is 2.36. The molecule has 158 valence electrons. The molecule has 2 heterocycles. The third kappa shape index (κ3) is 4.60. The second kappa shape index (κ2) is 8.81. The Morgan fingerprint density at radius 3 is 2.93 bits per heavy atom. The molecule has 0 radical (unpaired) electrons. The summed E-state index contributed by atoms with van der Waals surface area (Å²) in [5.41, 5.74) is 1.46. The van der Waals surface area contributed by atoms with Crippen LogP contribution in [0.3, 0.4) is 0 Å². The lowest BCUT2D eigenvalue weighted by atomic mass is 10.1. The number of nitrogens with one attached hydrogen (secondary N) is 2. The molecular formula is C21H22ClN3O5. The lowest BCUT2D eigenvalue weighted by molar-refractivity contribution is -0.118. The first-order valence-corrected chi connectivity index (χ1v) is 10.1. The molecule has 3 N–H and O–H groups in total. The molecule has 9 heteroatoms. The monoisotopic (exact) mass is 431 g/mol. The van der Waals surface area contributed by atoms with Crippen LogP contribution in [0.4, 0.5) is 16.2 Å². The van der Waals surface area contributed by atoms with Crippen LogP contribution in [0.5, 0.6) is 11.5 Å². The van der Waals surface area contributed by atoms with Gasteiger partial charge in [0.2, 0.25) is 0 Å². The Morgan fingerprint density at radius 1 is 1.33 bits per heavy atom. The summed E-state index contributed by atoms with van der Waals surface area (Å²) in [5, 5.41) is 15.9. The SMILES string of the molecule is O=C1COc2cc(NC(=O)N(Cc3ccccc3O)C[C@@H]3CCCO3)c(Cl)cc2N1. The van der Waals surface area contributed by atoms with Crippen molar-refractivity contribution in [3.8, 4) is 11.5 Å². The van der Waals surface area contributed by atoms with Crippen molar-refractivity contribution in [2.24, 2.45) is 0 Å². The molecule has 0 unspecified atom stereocenters. The maximum Gasteiger partial charge on any atom is 0.322 e. The van der Waals surface area contributed by atoms with E-state index in [1.807, 2.05) is 6.07 Å². The van der Waals surface area contributed by atoms with Crippen molar-refractivity contribution in [3.05, 3.63) is 47.0 Å². The van der Waals surface area contributed by atoms with Gasteiger partial charge in [-0.3, -0.25) is 4.79 Å². The van der Waals surface area contributed by atoms with Crippen LogP contribution in [0.1, 0.15) is 18.4 Å². The third-order valence-electron chi connectivity index (χ3n) is 5.03. The highest BCUT2D eigenvalue weighted by Gasteiger charge is 2.25. The zero-order valence-electron chi connectivity index (χ0n) is 16.2. The Hall–Kier alpha value is -2.97. The van der Waals surface area contributed by atoms with Gasteiger partial charge < -0.3 is 30.1 Å². The zero-order chi connectivity index (χ0) is 21.1. The number of halogens is 1. The van der Waals surface area contributed by atoms with Gasteiger partial charge in [0.05, 0.1) is 29.0 Å². The van der Waals surface area contributed by atoms with Crippen LogP contribution in [0, 0.1) is 0 Å². The summed E-state index contributed by atoms with van der Waals surface area (Å²) >= 11 is 6.31. The summed E-state index contributed by atoms with van der Waals surface area (Å²) < 4.78 is 11.1. The number of ether oxygens (including phenoxy) is 2. The maximum absolute atomic E-state index is 13.1.